The smallest absolute Gasteiger partial charge is 0.268 e. The van der Waals surface area contributed by atoms with E-state index in [4.69, 9.17) is 0 Å². The van der Waals surface area contributed by atoms with Crippen LogP contribution in [0.2, 0.25) is 0 Å². The molecule has 4 nitrogen and oxygen atoms in total. The van der Waals surface area contributed by atoms with E-state index in [0.717, 1.165) is 23.5 Å². The van der Waals surface area contributed by atoms with Gasteiger partial charge in [-0.15, -0.1) is 0 Å². The fourth-order valence-corrected chi connectivity index (χ4v) is 2.63. The maximum atomic E-state index is 12.5. The first-order valence-electron chi connectivity index (χ1n) is 7.60. The van der Waals surface area contributed by atoms with E-state index in [1.54, 1.807) is 0 Å². The third kappa shape index (κ3) is 2.99. The highest BCUT2D eigenvalue weighted by Crippen LogP contribution is 2.36. The minimum atomic E-state index is -0.0417. The average molecular weight is 283 g/mol. The predicted octanol–water partition coefficient (Wildman–Crippen LogP) is 3.41. The summed E-state index contributed by atoms with van der Waals surface area (Å²) in [5, 5.41) is 3.11. The third-order valence-corrected chi connectivity index (χ3v) is 3.93. The van der Waals surface area contributed by atoms with Gasteiger partial charge in [0.2, 0.25) is 0 Å². The quantitative estimate of drug-likeness (QED) is 0.914. The molecule has 1 saturated carbocycles. The maximum absolute atomic E-state index is 12.5. The summed E-state index contributed by atoms with van der Waals surface area (Å²) in [4.78, 5) is 17.1. The Hall–Kier alpha value is -2.10. The molecule has 110 valence electrons. The summed E-state index contributed by atoms with van der Waals surface area (Å²) in [5.74, 6) is -0.0120. The van der Waals surface area contributed by atoms with Gasteiger partial charge in [-0.25, -0.2) is 0 Å². The number of hydrogen-bond donors (Lipinski definition) is 1. The van der Waals surface area contributed by atoms with Gasteiger partial charge in [-0.05, 0) is 50.5 Å². The average Bonchev–Trinajstić information content (AvgIpc) is 3.21. The van der Waals surface area contributed by atoms with Crippen molar-refractivity contribution in [3.63, 3.8) is 0 Å². The standard InChI is InChI=1S/C17H21N3O/c1-3-14(15-7-4-6-12(2)18-15)19-17(21)16-8-5-11-20(16)13-9-10-13/h4-8,11,13-14H,3,9-10H2,1-2H3,(H,19,21)/t14-/m1/s1. The summed E-state index contributed by atoms with van der Waals surface area (Å²) in [6.45, 7) is 4.03. The maximum Gasteiger partial charge on any atom is 0.268 e. The zero-order valence-corrected chi connectivity index (χ0v) is 12.5. The second kappa shape index (κ2) is 5.72. The van der Waals surface area contributed by atoms with Gasteiger partial charge in [0.05, 0.1) is 11.7 Å². The highest BCUT2D eigenvalue weighted by Gasteiger charge is 2.27. The van der Waals surface area contributed by atoms with Crippen molar-refractivity contribution in [3.05, 3.63) is 53.6 Å². The molecule has 0 radical (unpaired) electrons. The molecule has 0 spiro atoms. The van der Waals surface area contributed by atoms with Crippen LogP contribution >= 0.6 is 0 Å². The van der Waals surface area contributed by atoms with Crippen molar-refractivity contribution in [1.82, 2.24) is 14.9 Å². The highest BCUT2D eigenvalue weighted by atomic mass is 16.2. The van der Waals surface area contributed by atoms with Gasteiger partial charge in [-0.2, -0.15) is 0 Å². The van der Waals surface area contributed by atoms with Crippen molar-refractivity contribution < 1.29 is 4.79 Å². The molecule has 0 aliphatic heterocycles. The molecular formula is C17H21N3O. The van der Waals surface area contributed by atoms with Crippen molar-refractivity contribution in [2.75, 3.05) is 0 Å². The Balaban J connectivity index is 1.77. The molecule has 2 aromatic rings. The van der Waals surface area contributed by atoms with Crippen molar-refractivity contribution in [1.29, 1.82) is 0 Å². The van der Waals surface area contributed by atoms with E-state index in [9.17, 15) is 4.79 Å². The lowest BCUT2D eigenvalue weighted by Crippen LogP contribution is -2.30. The molecule has 0 saturated heterocycles. The van der Waals surface area contributed by atoms with E-state index in [2.05, 4.69) is 21.8 Å². The van der Waals surface area contributed by atoms with Gasteiger partial charge in [-0.3, -0.25) is 9.78 Å². The number of rotatable bonds is 5. The van der Waals surface area contributed by atoms with Crippen LogP contribution in [0.4, 0.5) is 0 Å². The Labute approximate surface area is 125 Å². The van der Waals surface area contributed by atoms with Crippen LogP contribution in [0.15, 0.2) is 36.5 Å². The Kier molecular flexibility index (Phi) is 3.78. The fraction of sp³-hybridized carbons (Fsp3) is 0.412. The predicted molar refractivity (Wildman–Crippen MR) is 82.2 cm³/mol. The molecule has 1 N–H and O–H groups in total. The van der Waals surface area contributed by atoms with E-state index in [0.29, 0.717) is 6.04 Å². The van der Waals surface area contributed by atoms with Crippen LogP contribution in [0.3, 0.4) is 0 Å². The van der Waals surface area contributed by atoms with Crippen molar-refractivity contribution in [3.8, 4) is 0 Å². The minimum Gasteiger partial charge on any atom is -0.342 e. The van der Waals surface area contributed by atoms with E-state index in [1.807, 2.05) is 43.5 Å². The lowest BCUT2D eigenvalue weighted by molar-refractivity contribution is 0.0925. The molecule has 1 atom stereocenters. The van der Waals surface area contributed by atoms with Gasteiger partial charge < -0.3 is 9.88 Å². The van der Waals surface area contributed by atoms with Gasteiger partial charge in [0.25, 0.3) is 5.91 Å². The van der Waals surface area contributed by atoms with Gasteiger partial charge in [0, 0.05) is 17.9 Å². The molecule has 0 aromatic carbocycles. The number of carbonyl (C=O) groups excluding carboxylic acids is 1. The summed E-state index contributed by atoms with van der Waals surface area (Å²) in [7, 11) is 0. The van der Waals surface area contributed by atoms with Gasteiger partial charge in [0.15, 0.2) is 0 Å². The molecule has 2 heterocycles. The summed E-state index contributed by atoms with van der Waals surface area (Å²) in [5.41, 5.74) is 2.65. The van der Waals surface area contributed by atoms with Crippen LogP contribution in [-0.2, 0) is 0 Å². The zero-order valence-electron chi connectivity index (χ0n) is 12.5. The topological polar surface area (TPSA) is 46.9 Å². The second-order valence-electron chi connectivity index (χ2n) is 5.67. The Morgan fingerprint density at radius 2 is 2.19 bits per heavy atom. The van der Waals surface area contributed by atoms with Crippen LogP contribution in [-0.4, -0.2) is 15.5 Å². The lowest BCUT2D eigenvalue weighted by Gasteiger charge is -2.17. The molecule has 4 heteroatoms. The largest absolute Gasteiger partial charge is 0.342 e. The number of hydrogen-bond acceptors (Lipinski definition) is 2. The first-order chi connectivity index (χ1) is 10.2. The van der Waals surface area contributed by atoms with Gasteiger partial charge >= 0.3 is 0 Å². The van der Waals surface area contributed by atoms with Crippen molar-refractivity contribution in [2.24, 2.45) is 0 Å². The van der Waals surface area contributed by atoms with Gasteiger partial charge in [-0.1, -0.05) is 13.0 Å². The minimum absolute atomic E-state index is 0.0120. The van der Waals surface area contributed by atoms with Crippen molar-refractivity contribution >= 4 is 5.91 Å². The number of aryl methyl sites for hydroxylation is 1. The number of amides is 1. The molecule has 1 fully saturated rings. The first kappa shape index (κ1) is 13.9. The van der Waals surface area contributed by atoms with Crippen LogP contribution in [0.1, 0.15) is 60.1 Å². The molecule has 1 aliphatic carbocycles. The number of nitrogens with zero attached hydrogens (tertiary/aromatic N) is 2. The number of aromatic nitrogens is 2. The van der Waals surface area contributed by atoms with E-state index in [-0.39, 0.29) is 11.9 Å². The fourth-order valence-electron chi connectivity index (χ4n) is 2.63. The van der Waals surface area contributed by atoms with Crippen LogP contribution < -0.4 is 5.32 Å². The van der Waals surface area contributed by atoms with Crippen LogP contribution in [0, 0.1) is 6.92 Å². The van der Waals surface area contributed by atoms with Gasteiger partial charge in [0.1, 0.15) is 5.69 Å². The Morgan fingerprint density at radius 1 is 1.38 bits per heavy atom. The van der Waals surface area contributed by atoms with Crippen molar-refractivity contribution in [2.45, 2.75) is 45.2 Å². The summed E-state index contributed by atoms with van der Waals surface area (Å²) < 4.78 is 2.09. The molecule has 1 aliphatic rings. The molecule has 0 bridgehead atoms. The highest BCUT2D eigenvalue weighted by molar-refractivity contribution is 5.93. The lowest BCUT2D eigenvalue weighted by atomic mass is 10.1. The van der Waals surface area contributed by atoms with Crippen LogP contribution in [0.5, 0.6) is 0 Å². The van der Waals surface area contributed by atoms with E-state index < -0.39 is 0 Å². The molecule has 2 aromatic heterocycles. The number of pyridine rings is 1. The molecule has 0 unspecified atom stereocenters. The monoisotopic (exact) mass is 283 g/mol. The Bertz CT molecular complexity index is 643. The zero-order chi connectivity index (χ0) is 14.8. The first-order valence-corrected chi connectivity index (χ1v) is 7.60. The summed E-state index contributed by atoms with van der Waals surface area (Å²) in [6, 6.07) is 10.2. The number of nitrogens with one attached hydrogen (secondary N) is 1. The molecule has 21 heavy (non-hydrogen) atoms. The van der Waals surface area contributed by atoms with E-state index >= 15 is 0 Å². The number of carbonyl (C=O) groups is 1. The molecule has 3 rings (SSSR count). The molecular weight excluding hydrogens is 262 g/mol. The SMILES string of the molecule is CC[C@@H](NC(=O)c1cccn1C1CC1)c1cccc(C)n1. The normalized spacial score (nSPS) is 15.7. The van der Waals surface area contributed by atoms with E-state index in [1.165, 1.54) is 12.8 Å². The molecule has 1 amide bonds. The Morgan fingerprint density at radius 3 is 2.86 bits per heavy atom. The third-order valence-electron chi connectivity index (χ3n) is 3.93. The summed E-state index contributed by atoms with van der Waals surface area (Å²) in [6.07, 6.45) is 5.17. The second-order valence-corrected chi connectivity index (χ2v) is 5.67. The van der Waals surface area contributed by atoms with Crippen LogP contribution in [0.25, 0.3) is 0 Å². The summed E-state index contributed by atoms with van der Waals surface area (Å²) >= 11 is 0.